The first-order chi connectivity index (χ1) is 10.8. The molecule has 5 nitrogen and oxygen atoms in total. The standard InChI is InChI=1S/C15H17FN2O3S2/c1-10-13-11(16)4-3-5-12(13)22-14(10)15(19)17-6-8-18(9-7-17)23(2,20)21/h3-5H,6-9H2,1-2H3. The number of carbonyl (C=O) groups is 1. The highest BCUT2D eigenvalue weighted by molar-refractivity contribution is 7.88. The van der Waals surface area contributed by atoms with Crippen molar-refractivity contribution in [3.05, 3.63) is 34.5 Å². The van der Waals surface area contributed by atoms with Crippen molar-refractivity contribution in [1.82, 2.24) is 9.21 Å². The summed E-state index contributed by atoms with van der Waals surface area (Å²) >= 11 is 1.28. The monoisotopic (exact) mass is 356 g/mol. The molecule has 0 atom stereocenters. The number of sulfonamides is 1. The van der Waals surface area contributed by atoms with Crippen molar-refractivity contribution in [3.8, 4) is 0 Å². The molecule has 3 rings (SSSR count). The smallest absolute Gasteiger partial charge is 0.264 e. The maximum atomic E-state index is 14.0. The molecule has 0 bridgehead atoms. The number of carbonyl (C=O) groups excluding carboxylic acids is 1. The third kappa shape index (κ3) is 2.98. The molecule has 0 saturated carbocycles. The summed E-state index contributed by atoms with van der Waals surface area (Å²) in [6.07, 6.45) is 1.17. The van der Waals surface area contributed by atoms with Crippen molar-refractivity contribution in [2.24, 2.45) is 0 Å². The van der Waals surface area contributed by atoms with E-state index in [-0.39, 0.29) is 11.7 Å². The third-order valence-corrected chi connectivity index (χ3v) is 6.64. The highest BCUT2D eigenvalue weighted by Crippen LogP contribution is 2.33. The predicted octanol–water partition coefficient (Wildman–Crippen LogP) is 2.07. The van der Waals surface area contributed by atoms with Crippen molar-refractivity contribution < 1.29 is 17.6 Å². The number of thiophene rings is 1. The number of piperazine rings is 1. The number of halogens is 1. The van der Waals surface area contributed by atoms with Gasteiger partial charge in [0.15, 0.2) is 0 Å². The summed E-state index contributed by atoms with van der Waals surface area (Å²) < 4.78 is 39.1. The van der Waals surface area contributed by atoms with Gasteiger partial charge in [-0.2, -0.15) is 4.31 Å². The topological polar surface area (TPSA) is 57.7 Å². The van der Waals surface area contributed by atoms with Crippen LogP contribution in [0.4, 0.5) is 4.39 Å². The molecule has 124 valence electrons. The van der Waals surface area contributed by atoms with E-state index < -0.39 is 10.0 Å². The molecule has 0 radical (unpaired) electrons. The zero-order chi connectivity index (χ0) is 16.8. The molecule has 1 aliphatic rings. The summed E-state index contributed by atoms with van der Waals surface area (Å²) in [7, 11) is -3.23. The van der Waals surface area contributed by atoms with Crippen molar-refractivity contribution >= 4 is 37.4 Å². The number of aryl methyl sites for hydroxylation is 1. The maximum Gasteiger partial charge on any atom is 0.264 e. The molecule has 0 N–H and O–H groups in total. The summed E-state index contributed by atoms with van der Waals surface area (Å²) in [6, 6.07) is 4.82. The number of hydrogen-bond acceptors (Lipinski definition) is 4. The van der Waals surface area contributed by atoms with Gasteiger partial charge in [-0.3, -0.25) is 4.79 Å². The molecule has 23 heavy (non-hydrogen) atoms. The second kappa shape index (κ2) is 5.85. The Labute approximate surface area is 138 Å². The fourth-order valence-corrected chi connectivity index (χ4v) is 4.84. The predicted molar refractivity (Wildman–Crippen MR) is 88.8 cm³/mol. The lowest BCUT2D eigenvalue weighted by molar-refractivity contribution is 0.0702. The lowest BCUT2D eigenvalue weighted by Gasteiger charge is -2.33. The third-order valence-electron chi connectivity index (χ3n) is 4.09. The van der Waals surface area contributed by atoms with Crippen LogP contribution in [0.1, 0.15) is 15.2 Å². The fraction of sp³-hybridized carbons (Fsp3) is 0.400. The molecule has 1 amide bonds. The van der Waals surface area contributed by atoms with Gasteiger partial charge in [0, 0.05) is 36.3 Å². The Morgan fingerprint density at radius 3 is 2.43 bits per heavy atom. The second-order valence-electron chi connectivity index (χ2n) is 5.62. The quantitative estimate of drug-likeness (QED) is 0.828. The first-order valence-electron chi connectivity index (χ1n) is 7.21. The van der Waals surface area contributed by atoms with Gasteiger partial charge >= 0.3 is 0 Å². The van der Waals surface area contributed by atoms with Gasteiger partial charge in [0.25, 0.3) is 5.91 Å². The largest absolute Gasteiger partial charge is 0.335 e. The number of benzene rings is 1. The average molecular weight is 356 g/mol. The second-order valence-corrected chi connectivity index (χ2v) is 8.66. The van der Waals surface area contributed by atoms with Gasteiger partial charge in [-0.1, -0.05) is 6.07 Å². The maximum absolute atomic E-state index is 14.0. The first kappa shape index (κ1) is 16.4. The lowest BCUT2D eigenvalue weighted by Crippen LogP contribution is -2.50. The highest BCUT2D eigenvalue weighted by Gasteiger charge is 2.28. The van der Waals surface area contributed by atoms with E-state index in [9.17, 15) is 17.6 Å². The number of nitrogens with zero attached hydrogens (tertiary/aromatic N) is 2. The van der Waals surface area contributed by atoms with Crippen LogP contribution in [-0.2, 0) is 10.0 Å². The Morgan fingerprint density at radius 1 is 1.22 bits per heavy atom. The Balaban J connectivity index is 1.85. The summed E-state index contributed by atoms with van der Waals surface area (Å²) in [6.45, 7) is 3.04. The van der Waals surface area contributed by atoms with Crippen LogP contribution < -0.4 is 0 Å². The van der Waals surface area contributed by atoms with Crippen molar-refractivity contribution in [3.63, 3.8) is 0 Å². The molecule has 8 heteroatoms. The van der Waals surface area contributed by atoms with Crippen LogP contribution in [0.15, 0.2) is 18.2 Å². The fourth-order valence-electron chi connectivity index (χ4n) is 2.82. The van der Waals surface area contributed by atoms with E-state index in [1.54, 1.807) is 24.0 Å². The van der Waals surface area contributed by atoms with Crippen LogP contribution in [0.25, 0.3) is 10.1 Å². The molecule has 0 aliphatic carbocycles. The van der Waals surface area contributed by atoms with Crippen molar-refractivity contribution in [2.45, 2.75) is 6.92 Å². The summed E-state index contributed by atoms with van der Waals surface area (Å²) in [5.41, 5.74) is 0.652. The van der Waals surface area contributed by atoms with Gasteiger partial charge < -0.3 is 4.90 Å². The van der Waals surface area contributed by atoms with E-state index in [1.807, 2.05) is 0 Å². The van der Waals surface area contributed by atoms with Gasteiger partial charge in [-0.05, 0) is 24.6 Å². The van der Waals surface area contributed by atoms with Crippen LogP contribution in [0, 0.1) is 12.7 Å². The Bertz CT molecular complexity index is 868. The molecule has 0 spiro atoms. The van der Waals surface area contributed by atoms with E-state index in [1.165, 1.54) is 28.0 Å². The first-order valence-corrected chi connectivity index (χ1v) is 9.87. The molecule has 2 aromatic rings. The van der Waals surface area contributed by atoms with E-state index in [0.29, 0.717) is 42.0 Å². The van der Waals surface area contributed by atoms with Crippen molar-refractivity contribution in [1.29, 1.82) is 0 Å². The molecule has 1 aromatic carbocycles. The van der Waals surface area contributed by atoms with Crippen molar-refractivity contribution in [2.75, 3.05) is 32.4 Å². The van der Waals surface area contributed by atoms with Gasteiger partial charge in [0.2, 0.25) is 10.0 Å². The highest BCUT2D eigenvalue weighted by atomic mass is 32.2. The zero-order valence-electron chi connectivity index (χ0n) is 12.9. The van der Waals surface area contributed by atoms with Gasteiger partial charge in [-0.15, -0.1) is 11.3 Å². The number of hydrogen-bond donors (Lipinski definition) is 0. The molecule has 1 saturated heterocycles. The van der Waals surface area contributed by atoms with Gasteiger partial charge in [0.05, 0.1) is 11.1 Å². The van der Waals surface area contributed by atoms with Gasteiger partial charge in [-0.25, -0.2) is 12.8 Å². The Kier molecular flexibility index (Phi) is 4.16. The molecule has 1 aliphatic heterocycles. The lowest BCUT2D eigenvalue weighted by atomic mass is 10.1. The number of fused-ring (bicyclic) bond motifs is 1. The molecular weight excluding hydrogens is 339 g/mol. The van der Waals surface area contributed by atoms with E-state index in [2.05, 4.69) is 0 Å². The van der Waals surface area contributed by atoms with E-state index in [4.69, 9.17) is 0 Å². The van der Waals surface area contributed by atoms with Crippen LogP contribution in [0.3, 0.4) is 0 Å². The summed E-state index contributed by atoms with van der Waals surface area (Å²) in [5.74, 6) is -0.478. The van der Waals surface area contributed by atoms with Crippen LogP contribution in [-0.4, -0.2) is 56.0 Å². The zero-order valence-corrected chi connectivity index (χ0v) is 14.5. The van der Waals surface area contributed by atoms with Gasteiger partial charge in [0.1, 0.15) is 5.82 Å². The minimum atomic E-state index is -3.23. The molecule has 1 aromatic heterocycles. The van der Waals surface area contributed by atoms with E-state index in [0.717, 1.165) is 4.70 Å². The Morgan fingerprint density at radius 2 is 1.87 bits per heavy atom. The minimum absolute atomic E-state index is 0.156. The molecule has 2 heterocycles. The number of amides is 1. The van der Waals surface area contributed by atoms with Crippen LogP contribution >= 0.6 is 11.3 Å². The summed E-state index contributed by atoms with van der Waals surface area (Å²) in [4.78, 5) is 14.9. The number of rotatable bonds is 2. The minimum Gasteiger partial charge on any atom is -0.335 e. The molecule has 0 unspecified atom stereocenters. The Hall–Kier alpha value is -1.51. The normalized spacial score (nSPS) is 16.9. The SMILES string of the molecule is Cc1c(C(=O)N2CCN(S(C)(=O)=O)CC2)sc2cccc(F)c12. The van der Waals surface area contributed by atoms with Crippen LogP contribution in [0.5, 0.6) is 0 Å². The van der Waals surface area contributed by atoms with Crippen LogP contribution in [0.2, 0.25) is 0 Å². The summed E-state index contributed by atoms with van der Waals surface area (Å²) in [5, 5.41) is 0.496. The van der Waals surface area contributed by atoms with E-state index >= 15 is 0 Å². The average Bonchev–Trinajstić information content (AvgIpc) is 2.84. The molecule has 1 fully saturated rings. The molecular formula is C15H17FN2O3S2.